The van der Waals surface area contributed by atoms with Crippen LogP contribution in [0.25, 0.3) is 0 Å². The molecular weight excluding hydrogens is 887 g/mol. The molecule has 0 heterocycles. The Kier molecular flexibility index (Phi) is 53.2. The Morgan fingerprint density at radius 1 is 0.366 bits per heavy atom. The van der Waals surface area contributed by atoms with Crippen LogP contribution in [0.15, 0.2) is 0 Å². The van der Waals surface area contributed by atoms with Gasteiger partial charge in [-0.2, -0.15) is 0 Å². The third-order valence-electron chi connectivity index (χ3n) is 14.4. The summed E-state index contributed by atoms with van der Waals surface area (Å²) < 4.78 is 22.7. The molecule has 0 radical (unpaired) electrons. The van der Waals surface area contributed by atoms with Crippen molar-refractivity contribution in [2.75, 3.05) is 47.5 Å². The molecule has 0 aliphatic heterocycles. The van der Waals surface area contributed by atoms with Crippen molar-refractivity contribution in [1.29, 1.82) is 0 Å². The van der Waals surface area contributed by atoms with Gasteiger partial charge in [-0.15, -0.1) is 0 Å². The van der Waals surface area contributed by atoms with Gasteiger partial charge in [-0.3, -0.25) is 9.59 Å². The van der Waals surface area contributed by atoms with E-state index in [9.17, 15) is 19.5 Å². The lowest BCUT2D eigenvalue weighted by molar-refractivity contribution is -0.870. The summed E-state index contributed by atoms with van der Waals surface area (Å²) in [4.78, 5) is 37.3. The summed E-state index contributed by atoms with van der Waals surface area (Å²) in [6.07, 6.45) is 58.9. The molecule has 0 aliphatic rings. The number of aliphatic carboxylic acids is 1. The van der Waals surface area contributed by atoms with E-state index < -0.39 is 24.3 Å². The van der Waals surface area contributed by atoms with Gasteiger partial charge in [0, 0.05) is 12.8 Å². The van der Waals surface area contributed by atoms with E-state index in [0.717, 1.165) is 38.5 Å². The second-order valence-electron chi connectivity index (χ2n) is 22.7. The number of ether oxygens (including phenoxy) is 4. The topological polar surface area (TPSA) is 111 Å². The molecule has 0 bridgehead atoms. The molecule has 9 heteroatoms. The number of unbranched alkanes of at least 4 members (excludes halogenated alkanes) is 44. The molecule has 0 N–H and O–H groups in total. The van der Waals surface area contributed by atoms with Crippen molar-refractivity contribution in [3.63, 3.8) is 0 Å². The predicted octanol–water partition coefficient (Wildman–Crippen LogP) is 17.0. The van der Waals surface area contributed by atoms with Crippen LogP contribution in [-0.2, 0) is 33.3 Å². The minimum atomic E-state index is -1.61. The SMILES string of the molecule is CCCCCCCCCCCCCCCCCCCCCCCCCCCCCCCCC(=O)OC(COC(=O)CCCCCCCCCCCCCCCCCC)COC(OCC[N+](C)(C)C)C(=O)[O-]. The second kappa shape index (κ2) is 54.5. The number of likely N-dealkylation sites (N-methyl/N-ethyl adjacent to an activating group) is 1. The van der Waals surface area contributed by atoms with Crippen LogP contribution in [0.3, 0.4) is 0 Å². The Hall–Kier alpha value is -1.71. The zero-order valence-electron chi connectivity index (χ0n) is 48.1. The third kappa shape index (κ3) is 55.9. The first-order valence-electron chi connectivity index (χ1n) is 31.2. The van der Waals surface area contributed by atoms with Gasteiger partial charge in [0.1, 0.15) is 13.2 Å². The van der Waals surface area contributed by atoms with Crippen LogP contribution in [0.5, 0.6) is 0 Å². The van der Waals surface area contributed by atoms with Crippen LogP contribution in [0, 0.1) is 0 Å². The van der Waals surface area contributed by atoms with Gasteiger partial charge >= 0.3 is 11.9 Å². The van der Waals surface area contributed by atoms with Crippen molar-refractivity contribution in [1.82, 2.24) is 0 Å². The Morgan fingerprint density at radius 2 is 0.634 bits per heavy atom. The lowest BCUT2D eigenvalue weighted by Gasteiger charge is -2.26. The number of hydrogen-bond acceptors (Lipinski definition) is 8. The van der Waals surface area contributed by atoms with E-state index >= 15 is 0 Å². The van der Waals surface area contributed by atoms with Crippen LogP contribution in [-0.4, -0.2) is 82.3 Å². The second-order valence-corrected chi connectivity index (χ2v) is 22.7. The van der Waals surface area contributed by atoms with Crippen molar-refractivity contribution in [2.45, 2.75) is 334 Å². The molecule has 0 aromatic carbocycles. The van der Waals surface area contributed by atoms with Gasteiger partial charge in [-0.1, -0.05) is 296 Å². The molecule has 71 heavy (non-hydrogen) atoms. The zero-order valence-corrected chi connectivity index (χ0v) is 48.1. The summed E-state index contributed by atoms with van der Waals surface area (Å²) in [5.74, 6) is -2.25. The lowest BCUT2D eigenvalue weighted by atomic mass is 10.0. The van der Waals surface area contributed by atoms with Crippen LogP contribution >= 0.6 is 0 Å². The van der Waals surface area contributed by atoms with Gasteiger partial charge in [0.2, 0.25) is 0 Å². The minimum Gasteiger partial charge on any atom is -0.545 e. The average Bonchev–Trinajstić information content (AvgIpc) is 3.34. The summed E-state index contributed by atoms with van der Waals surface area (Å²) >= 11 is 0. The van der Waals surface area contributed by atoms with E-state index in [-0.39, 0.29) is 32.2 Å². The van der Waals surface area contributed by atoms with Gasteiger partial charge in [-0.05, 0) is 12.8 Å². The van der Waals surface area contributed by atoms with Gasteiger partial charge in [0.25, 0.3) is 0 Å². The molecular formula is C62H121NO8. The van der Waals surface area contributed by atoms with E-state index in [2.05, 4.69) is 13.8 Å². The summed E-state index contributed by atoms with van der Waals surface area (Å²) in [5, 5.41) is 11.8. The normalized spacial score (nSPS) is 12.6. The number of rotatable bonds is 59. The molecule has 0 saturated heterocycles. The molecule has 0 amide bonds. The molecule has 0 saturated carbocycles. The van der Waals surface area contributed by atoms with Crippen LogP contribution in [0.1, 0.15) is 322 Å². The van der Waals surface area contributed by atoms with Gasteiger partial charge in [0.05, 0.1) is 40.3 Å². The van der Waals surface area contributed by atoms with Crippen LogP contribution < -0.4 is 5.11 Å². The van der Waals surface area contributed by atoms with Crippen molar-refractivity contribution >= 4 is 17.9 Å². The van der Waals surface area contributed by atoms with Gasteiger partial charge in [-0.25, -0.2) is 0 Å². The van der Waals surface area contributed by atoms with Crippen LogP contribution in [0.2, 0.25) is 0 Å². The van der Waals surface area contributed by atoms with E-state index in [1.807, 2.05) is 21.1 Å². The van der Waals surface area contributed by atoms with Crippen molar-refractivity contribution in [3.8, 4) is 0 Å². The maximum Gasteiger partial charge on any atom is 0.306 e. The number of carbonyl (C=O) groups excluding carboxylic acids is 3. The summed E-state index contributed by atoms with van der Waals surface area (Å²) in [6.45, 7) is 4.82. The quantitative estimate of drug-likeness (QED) is 0.0256. The molecule has 0 fully saturated rings. The highest BCUT2D eigenvalue weighted by Gasteiger charge is 2.22. The first-order valence-corrected chi connectivity index (χ1v) is 31.2. The van der Waals surface area contributed by atoms with Gasteiger partial charge < -0.3 is 33.3 Å². The smallest absolute Gasteiger partial charge is 0.306 e. The first-order chi connectivity index (χ1) is 34.6. The maximum absolute atomic E-state index is 12.9. The average molecular weight is 1010 g/mol. The fourth-order valence-electron chi connectivity index (χ4n) is 9.54. The Labute approximate surface area is 441 Å². The van der Waals surface area contributed by atoms with E-state index in [1.54, 1.807) is 0 Å². The van der Waals surface area contributed by atoms with Crippen LogP contribution in [0.4, 0.5) is 0 Å². The largest absolute Gasteiger partial charge is 0.545 e. The molecule has 422 valence electrons. The fraction of sp³-hybridized carbons (Fsp3) is 0.952. The number of nitrogens with zero attached hydrogens (tertiary/aromatic N) is 1. The van der Waals surface area contributed by atoms with Crippen molar-refractivity contribution in [2.24, 2.45) is 0 Å². The molecule has 0 spiro atoms. The summed E-state index contributed by atoms with van der Waals surface area (Å²) in [6, 6.07) is 0. The Balaban J connectivity index is 4.06. The highest BCUT2D eigenvalue weighted by atomic mass is 16.7. The highest BCUT2D eigenvalue weighted by Crippen LogP contribution is 2.18. The highest BCUT2D eigenvalue weighted by molar-refractivity contribution is 5.70. The number of carboxylic acids is 1. The van der Waals surface area contributed by atoms with Crippen molar-refractivity contribution in [3.05, 3.63) is 0 Å². The molecule has 2 unspecified atom stereocenters. The van der Waals surface area contributed by atoms with E-state index in [0.29, 0.717) is 17.4 Å². The number of esters is 2. The number of quaternary nitrogens is 1. The van der Waals surface area contributed by atoms with Gasteiger partial charge in [0.15, 0.2) is 12.4 Å². The monoisotopic (exact) mass is 1010 g/mol. The Bertz CT molecular complexity index is 1130. The van der Waals surface area contributed by atoms with Crippen molar-refractivity contribution < 1.29 is 42.9 Å². The van der Waals surface area contributed by atoms with E-state index in [4.69, 9.17) is 18.9 Å². The summed E-state index contributed by atoms with van der Waals surface area (Å²) in [5.41, 5.74) is 0. The number of carbonyl (C=O) groups is 3. The minimum absolute atomic E-state index is 0.153. The standard InChI is InChI=1S/C62H121NO8/c1-6-8-10-12-14-16-18-20-22-24-25-26-27-28-29-30-31-32-33-34-35-36-37-39-41-43-45-47-49-51-53-60(65)71-58(57-70-62(61(66)67)68-55-54-63(3,4)5)56-69-59(64)52-50-48-46-44-42-40-38-23-21-19-17-15-13-11-9-7-2/h58,62H,6-57H2,1-5H3. The number of carboxylic acid groups (broad SMARTS) is 1. The van der Waals surface area contributed by atoms with E-state index in [1.165, 1.54) is 257 Å². The lowest BCUT2D eigenvalue weighted by Crippen LogP contribution is -2.44. The molecule has 0 rings (SSSR count). The Morgan fingerprint density at radius 3 is 0.901 bits per heavy atom. The first kappa shape index (κ1) is 69.3. The third-order valence-corrected chi connectivity index (χ3v) is 14.4. The fourth-order valence-corrected chi connectivity index (χ4v) is 9.54. The maximum atomic E-state index is 12.9. The summed E-state index contributed by atoms with van der Waals surface area (Å²) in [7, 11) is 5.94. The number of hydrogen-bond donors (Lipinski definition) is 0. The predicted molar refractivity (Wildman–Crippen MR) is 297 cm³/mol. The zero-order chi connectivity index (χ0) is 52.0. The molecule has 9 nitrogen and oxygen atoms in total. The molecule has 0 aromatic rings. The molecule has 0 aliphatic carbocycles. The molecule has 2 atom stereocenters. The molecule has 0 aromatic heterocycles.